The first kappa shape index (κ1) is 56.3. The van der Waals surface area contributed by atoms with Crippen molar-refractivity contribution in [2.45, 2.75) is 77.4 Å². The van der Waals surface area contributed by atoms with Crippen LogP contribution in [0.3, 0.4) is 0 Å². The Morgan fingerprint density at radius 3 is 2.17 bits per heavy atom. The van der Waals surface area contributed by atoms with Gasteiger partial charge in [-0.1, -0.05) is 50.3 Å². The monoisotopic (exact) mass is 1060 g/mol. The predicted molar refractivity (Wildman–Crippen MR) is 287 cm³/mol. The van der Waals surface area contributed by atoms with E-state index in [1.54, 1.807) is 98.7 Å². The van der Waals surface area contributed by atoms with Crippen LogP contribution in [0.2, 0.25) is 0 Å². The first-order chi connectivity index (χ1) is 36.8. The number of ether oxygens (including phenoxy) is 3. The third-order valence-electron chi connectivity index (χ3n) is 13.1. The van der Waals surface area contributed by atoms with Crippen LogP contribution in [0.15, 0.2) is 97.3 Å². The van der Waals surface area contributed by atoms with Crippen LogP contribution in [-0.4, -0.2) is 124 Å². The first-order valence-electron chi connectivity index (χ1n) is 25.1. The molecule has 7 amide bonds. The van der Waals surface area contributed by atoms with E-state index in [0.29, 0.717) is 46.9 Å². The molecule has 4 atom stereocenters. The third kappa shape index (κ3) is 13.5. The Morgan fingerprint density at radius 2 is 1.48 bits per heavy atom. The molecule has 77 heavy (non-hydrogen) atoms. The van der Waals surface area contributed by atoms with Gasteiger partial charge in [-0.25, -0.2) is 9.69 Å². The fourth-order valence-corrected chi connectivity index (χ4v) is 8.77. The van der Waals surface area contributed by atoms with E-state index in [0.717, 1.165) is 16.0 Å². The number of methoxy groups -OCH3 is 1. The van der Waals surface area contributed by atoms with Crippen molar-refractivity contribution in [2.75, 3.05) is 54.3 Å². The largest absolute Gasteiger partial charge is 0.493 e. The third-order valence-corrected chi connectivity index (χ3v) is 13.1. The van der Waals surface area contributed by atoms with Crippen molar-refractivity contribution in [3.05, 3.63) is 120 Å². The first-order valence-corrected chi connectivity index (χ1v) is 25.1. The molecule has 22 nitrogen and oxygen atoms in total. The number of benzene rings is 3. The van der Waals surface area contributed by atoms with Crippen molar-refractivity contribution in [2.24, 2.45) is 25.7 Å². The van der Waals surface area contributed by atoms with Crippen molar-refractivity contribution in [3.63, 3.8) is 0 Å². The quantitative estimate of drug-likeness (QED) is 0.0360. The molecule has 0 spiro atoms. The van der Waals surface area contributed by atoms with Gasteiger partial charge in [-0.15, -0.1) is 0 Å². The SMILES string of the molecule is C=C1C[C@H]2[C@H](O)N(C(=O)OCc3ccc(NC(=O)C(C)NC(=O)C(N)C(C)C)cc3)c3cc(OCCCC(=O)Nc4cc(C(=O)Nc5ccc(-c6cc(C(=O)NCCCO)n(C)c6)cc5)n(C)c4)c(OC)cc3C(=O)N2C1. The number of aromatic nitrogens is 2. The molecule has 0 bridgehead atoms. The summed E-state index contributed by atoms with van der Waals surface area (Å²) in [7, 11) is 4.84. The smallest absolute Gasteiger partial charge is 0.416 e. The Morgan fingerprint density at radius 1 is 0.805 bits per heavy atom. The number of aliphatic hydroxyl groups is 2. The van der Waals surface area contributed by atoms with Crippen molar-refractivity contribution >= 4 is 64.3 Å². The average molecular weight is 1060 g/mol. The van der Waals surface area contributed by atoms with E-state index in [-0.39, 0.29) is 91.8 Å². The van der Waals surface area contributed by atoms with Gasteiger partial charge in [-0.05, 0) is 85.7 Å². The molecule has 9 N–H and O–H groups in total. The fourth-order valence-electron chi connectivity index (χ4n) is 8.77. The highest BCUT2D eigenvalue weighted by Crippen LogP contribution is 2.42. The van der Waals surface area contributed by atoms with Gasteiger partial charge in [0.1, 0.15) is 24.0 Å². The lowest BCUT2D eigenvalue weighted by atomic mass is 10.0. The molecule has 408 valence electrons. The minimum Gasteiger partial charge on any atom is -0.493 e. The fraction of sp³-hybridized carbons (Fsp3) is 0.364. The molecule has 22 heteroatoms. The highest BCUT2D eigenvalue weighted by molar-refractivity contribution is 6.07. The van der Waals surface area contributed by atoms with Crippen LogP contribution in [0.25, 0.3) is 11.1 Å². The van der Waals surface area contributed by atoms with Crippen LogP contribution in [0, 0.1) is 5.92 Å². The lowest BCUT2D eigenvalue weighted by molar-refractivity contribution is -0.127. The number of hydrogen-bond donors (Lipinski definition) is 8. The number of nitrogens with one attached hydrogen (secondary N) is 5. The highest BCUT2D eigenvalue weighted by atomic mass is 16.6. The van der Waals surface area contributed by atoms with Crippen LogP contribution >= 0.6 is 0 Å². The molecule has 4 heterocycles. The van der Waals surface area contributed by atoms with Gasteiger partial charge in [0.2, 0.25) is 17.7 Å². The molecule has 1 fully saturated rings. The highest BCUT2D eigenvalue weighted by Gasteiger charge is 2.46. The van der Waals surface area contributed by atoms with Gasteiger partial charge in [0, 0.05) is 75.6 Å². The Hall–Kier alpha value is -8.47. The van der Waals surface area contributed by atoms with Gasteiger partial charge in [-0.3, -0.25) is 28.8 Å². The molecule has 2 aliphatic heterocycles. The molecule has 5 aromatic rings. The molecule has 2 aromatic heterocycles. The molecule has 2 unspecified atom stereocenters. The minimum absolute atomic E-state index is 0.00180. The Labute approximate surface area is 445 Å². The summed E-state index contributed by atoms with van der Waals surface area (Å²) in [6, 6.07) is 17.3. The summed E-state index contributed by atoms with van der Waals surface area (Å²) >= 11 is 0. The number of anilines is 4. The van der Waals surface area contributed by atoms with Crippen molar-refractivity contribution < 1.29 is 58.0 Å². The lowest BCUT2D eigenvalue weighted by Crippen LogP contribution is -2.50. The topological polar surface area (TPSA) is 290 Å². The molecular formula is C55H66N10O12. The summed E-state index contributed by atoms with van der Waals surface area (Å²) in [5.41, 5.74) is 10.9. The summed E-state index contributed by atoms with van der Waals surface area (Å²) in [4.78, 5) is 94.9. The van der Waals surface area contributed by atoms with Crippen LogP contribution in [0.5, 0.6) is 11.5 Å². The van der Waals surface area contributed by atoms with E-state index in [9.17, 15) is 38.7 Å². The lowest BCUT2D eigenvalue weighted by Gasteiger charge is -2.31. The summed E-state index contributed by atoms with van der Waals surface area (Å²) in [5.74, 6) is -2.20. The maximum atomic E-state index is 14.1. The molecule has 3 aromatic carbocycles. The van der Waals surface area contributed by atoms with E-state index in [1.165, 1.54) is 24.1 Å². The van der Waals surface area contributed by atoms with Crippen LogP contribution in [-0.2, 0) is 39.8 Å². The van der Waals surface area contributed by atoms with Gasteiger partial charge in [0.05, 0.1) is 42.7 Å². The number of carbonyl (C=O) groups is 7. The summed E-state index contributed by atoms with van der Waals surface area (Å²) in [5, 5.41) is 34.7. The van der Waals surface area contributed by atoms with Crippen molar-refractivity contribution in [1.82, 2.24) is 24.7 Å². The number of hydrogen-bond acceptors (Lipinski definition) is 13. The number of fused-ring (bicyclic) bond motifs is 2. The second-order valence-electron chi connectivity index (χ2n) is 19.3. The summed E-state index contributed by atoms with van der Waals surface area (Å²) < 4.78 is 20.8. The van der Waals surface area contributed by atoms with E-state index < -0.39 is 54.1 Å². The van der Waals surface area contributed by atoms with E-state index in [2.05, 4.69) is 33.2 Å². The molecular weight excluding hydrogens is 993 g/mol. The Kier molecular flexibility index (Phi) is 18.2. The Balaban J connectivity index is 0.946. The zero-order valence-electron chi connectivity index (χ0n) is 43.9. The molecule has 7 rings (SSSR count). The molecule has 0 saturated carbocycles. The molecule has 2 aliphatic rings. The summed E-state index contributed by atoms with van der Waals surface area (Å²) in [6.07, 6.45) is 1.86. The van der Waals surface area contributed by atoms with Gasteiger partial charge in [0.15, 0.2) is 17.7 Å². The number of nitrogens with two attached hydrogens (primary N) is 1. The van der Waals surface area contributed by atoms with E-state index in [1.807, 2.05) is 18.3 Å². The van der Waals surface area contributed by atoms with Crippen LogP contribution < -0.4 is 46.7 Å². The molecule has 1 saturated heterocycles. The van der Waals surface area contributed by atoms with Crippen LogP contribution in [0.4, 0.5) is 27.5 Å². The summed E-state index contributed by atoms with van der Waals surface area (Å²) in [6.45, 7) is 9.43. The number of aryl methyl sites for hydroxylation is 2. The van der Waals surface area contributed by atoms with Crippen molar-refractivity contribution in [3.8, 4) is 22.6 Å². The standard InChI is InChI=1S/C55H66N10O12/c1-31(2)48(56)52(71)58-33(4)49(68)60-37-15-11-34(12-16-37)30-77-55(74)65-41-26-46(45(75-7)25-40(41)53(72)64-27-32(3)22-44(64)54(65)73)76-21-8-10-47(67)59-39-24-43(63(6)29-39)51(70)61-38-17-13-35(14-18-38)36-23-42(62(5)28-36)50(69)57-19-9-20-66/h11-18,23-26,28-29,31,33,44,48,54,66,73H,3,8-10,19-22,27,30,56H2,1-2,4-7H3,(H,57,69)(H,58,71)(H,59,67)(H,60,68)(H,61,70)/t33?,44-,48?,54-/m0/s1. The normalized spacial score (nSPS) is 15.7. The second kappa shape index (κ2) is 24.9. The number of aliphatic hydroxyl groups excluding tert-OH is 2. The molecule has 0 radical (unpaired) electrons. The number of nitrogens with zero attached hydrogens (tertiary/aromatic N) is 4. The van der Waals surface area contributed by atoms with Gasteiger partial charge in [-0.2, -0.15) is 0 Å². The molecule has 0 aliphatic carbocycles. The maximum absolute atomic E-state index is 14.1. The number of rotatable bonds is 21. The minimum atomic E-state index is -1.55. The van der Waals surface area contributed by atoms with Gasteiger partial charge in [0.25, 0.3) is 17.7 Å². The number of amides is 7. The van der Waals surface area contributed by atoms with E-state index >= 15 is 0 Å². The van der Waals surface area contributed by atoms with Crippen molar-refractivity contribution in [1.29, 1.82) is 0 Å². The van der Waals surface area contributed by atoms with Gasteiger partial charge < -0.3 is 70.8 Å². The zero-order chi connectivity index (χ0) is 55.7. The Bertz CT molecular complexity index is 3020. The van der Waals surface area contributed by atoms with Crippen LogP contribution in [0.1, 0.15) is 83.4 Å². The predicted octanol–water partition coefficient (Wildman–Crippen LogP) is 4.87. The van der Waals surface area contributed by atoms with Gasteiger partial charge >= 0.3 is 6.09 Å². The zero-order valence-corrected chi connectivity index (χ0v) is 43.9. The number of carbonyl (C=O) groups excluding carboxylic acids is 7. The maximum Gasteiger partial charge on any atom is 0.416 e. The average Bonchev–Trinajstić information content (AvgIpc) is 4.23. The van der Waals surface area contributed by atoms with E-state index in [4.69, 9.17) is 25.1 Å². The second-order valence-corrected chi connectivity index (χ2v) is 19.3.